The number of halogens is 1. The van der Waals surface area contributed by atoms with Gasteiger partial charge in [-0.05, 0) is 36.8 Å². The summed E-state index contributed by atoms with van der Waals surface area (Å²) in [5.74, 6) is 0. The zero-order valence-electron chi connectivity index (χ0n) is 9.89. The Balaban J connectivity index is 2.19. The largest absolute Gasteiger partial charge is 0.376 e. The molecule has 1 unspecified atom stereocenters. The minimum absolute atomic E-state index is 0.0820. The van der Waals surface area contributed by atoms with Crippen LogP contribution in [0.25, 0.3) is 0 Å². The third kappa shape index (κ3) is 2.79. The second-order valence-corrected chi connectivity index (χ2v) is 4.37. The van der Waals surface area contributed by atoms with Gasteiger partial charge >= 0.3 is 0 Å². The first kappa shape index (κ1) is 12.4. The number of benzene rings is 1. The first-order chi connectivity index (χ1) is 8.70. The Labute approximate surface area is 111 Å². The van der Waals surface area contributed by atoms with E-state index in [4.69, 9.17) is 16.9 Å². The van der Waals surface area contributed by atoms with E-state index in [2.05, 4.69) is 16.4 Å². The van der Waals surface area contributed by atoms with Crippen molar-refractivity contribution in [2.75, 3.05) is 5.32 Å². The fraction of sp³-hybridized carbons (Fsp3) is 0.143. The normalized spacial score (nSPS) is 11.6. The highest BCUT2D eigenvalue weighted by Gasteiger charge is 2.08. The van der Waals surface area contributed by atoms with Crippen molar-refractivity contribution in [3.63, 3.8) is 0 Å². The van der Waals surface area contributed by atoms with Crippen LogP contribution in [0.5, 0.6) is 0 Å². The molecule has 1 heterocycles. The van der Waals surface area contributed by atoms with Crippen molar-refractivity contribution in [1.29, 1.82) is 5.26 Å². The molecule has 4 heteroatoms. The van der Waals surface area contributed by atoms with Gasteiger partial charge in [0, 0.05) is 17.3 Å². The van der Waals surface area contributed by atoms with E-state index in [0.29, 0.717) is 10.7 Å². The third-order valence-corrected chi connectivity index (χ3v) is 2.91. The highest BCUT2D eigenvalue weighted by Crippen LogP contribution is 2.22. The van der Waals surface area contributed by atoms with Gasteiger partial charge in [-0.15, -0.1) is 0 Å². The highest BCUT2D eigenvalue weighted by atomic mass is 35.5. The lowest BCUT2D eigenvalue weighted by molar-refractivity contribution is 0.881. The summed E-state index contributed by atoms with van der Waals surface area (Å²) in [6, 6.07) is 13.4. The molecule has 3 nitrogen and oxygen atoms in total. The van der Waals surface area contributed by atoms with Gasteiger partial charge in [0.1, 0.15) is 6.07 Å². The Hall–Kier alpha value is -2.05. The maximum Gasteiger partial charge on any atom is 0.163 e. The van der Waals surface area contributed by atoms with E-state index in [0.717, 1.165) is 11.3 Å². The minimum Gasteiger partial charge on any atom is -0.376 e. The summed E-state index contributed by atoms with van der Waals surface area (Å²) in [6.07, 6.45) is 1.61. The summed E-state index contributed by atoms with van der Waals surface area (Å²) in [5.41, 5.74) is 2.24. The predicted molar refractivity (Wildman–Crippen MR) is 72.4 cm³/mol. The van der Waals surface area contributed by atoms with Gasteiger partial charge in [-0.1, -0.05) is 23.7 Å². The number of anilines is 1. The van der Waals surface area contributed by atoms with Gasteiger partial charge in [0.2, 0.25) is 0 Å². The van der Waals surface area contributed by atoms with Crippen molar-refractivity contribution >= 4 is 17.3 Å². The van der Waals surface area contributed by atoms with E-state index in [1.165, 1.54) is 0 Å². The standard InChI is InChI=1S/C14H12ClN3/c1-10(11-4-6-12(15)7-5-11)18-13-3-2-8-17-14(13)9-16/h2-8,10,18H,1H3. The van der Waals surface area contributed by atoms with Crippen molar-refractivity contribution in [3.05, 3.63) is 58.9 Å². The summed E-state index contributed by atoms with van der Waals surface area (Å²) in [6.45, 7) is 2.03. The van der Waals surface area contributed by atoms with Crippen LogP contribution in [-0.4, -0.2) is 4.98 Å². The number of aromatic nitrogens is 1. The highest BCUT2D eigenvalue weighted by molar-refractivity contribution is 6.30. The Kier molecular flexibility index (Phi) is 3.81. The van der Waals surface area contributed by atoms with Crippen LogP contribution in [0.4, 0.5) is 5.69 Å². The van der Waals surface area contributed by atoms with Crippen LogP contribution in [0, 0.1) is 11.3 Å². The number of nitrogens with zero attached hydrogens (tertiary/aromatic N) is 2. The Morgan fingerprint density at radius 1 is 1.28 bits per heavy atom. The fourth-order valence-corrected chi connectivity index (χ4v) is 1.80. The van der Waals surface area contributed by atoms with E-state index < -0.39 is 0 Å². The molecule has 1 aromatic carbocycles. The van der Waals surface area contributed by atoms with E-state index in [1.807, 2.05) is 37.3 Å². The lowest BCUT2D eigenvalue weighted by atomic mass is 10.1. The molecule has 0 fully saturated rings. The number of rotatable bonds is 3. The molecular formula is C14H12ClN3. The van der Waals surface area contributed by atoms with E-state index in [-0.39, 0.29) is 6.04 Å². The van der Waals surface area contributed by atoms with Crippen molar-refractivity contribution in [3.8, 4) is 6.07 Å². The summed E-state index contributed by atoms with van der Waals surface area (Å²) < 4.78 is 0. The van der Waals surface area contributed by atoms with Crippen molar-refractivity contribution in [2.24, 2.45) is 0 Å². The second kappa shape index (κ2) is 5.52. The summed E-state index contributed by atoms with van der Waals surface area (Å²) in [4.78, 5) is 4.01. The molecular weight excluding hydrogens is 246 g/mol. The van der Waals surface area contributed by atoms with Crippen LogP contribution < -0.4 is 5.32 Å². The second-order valence-electron chi connectivity index (χ2n) is 3.93. The van der Waals surface area contributed by atoms with E-state index in [9.17, 15) is 0 Å². The molecule has 2 rings (SSSR count). The quantitative estimate of drug-likeness (QED) is 0.910. The van der Waals surface area contributed by atoms with E-state index in [1.54, 1.807) is 12.3 Å². The van der Waals surface area contributed by atoms with Crippen LogP contribution >= 0.6 is 11.6 Å². The van der Waals surface area contributed by atoms with Crippen LogP contribution in [0.2, 0.25) is 5.02 Å². The van der Waals surface area contributed by atoms with Crippen LogP contribution in [0.15, 0.2) is 42.6 Å². The smallest absolute Gasteiger partial charge is 0.163 e. The van der Waals surface area contributed by atoms with Crippen molar-refractivity contribution in [1.82, 2.24) is 4.98 Å². The summed E-state index contributed by atoms with van der Waals surface area (Å²) in [7, 11) is 0. The lowest BCUT2D eigenvalue weighted by Crippen LogP contribution is -2.08. The van der Waals surface area contributed by atoms with E-state index >= 15 is 0 Å². The van der Waals surface area contributed by atoms with Crippen molar-refractivity contribution in [2.45, 2.75) is 13.0 Å². The van der Waals surface area contributed by atoms with Crippen LogP contribution in [0.3, 0.4) is 0 Å². The van der Waals surface area contributed by atoms with Gasteiger partial charge < -0.3 is 5.32 Å². The Bertz CT molecular complexity index is 572. The van der Waals surface area contributed by atoms with Crippen LogP contribution in [-0.2, 0) is 0 Å². The maximum atomic E-state index is 8.97. The SMILES string of the molecule is CC(Nc1cccnc1C#N)c1ccc(Cl)cc1. The fourth-order valence-electron chi connectivity index (χ4n) is 1.68. The zero-order chi connectivity index (χ0) is 13.0. The van der Waals surface area contributed by atoms with Gasteiger partial charge in [0.15, 0.2) is 5.69 Å². The molecule has 90 valence electrons. The molecule has 0 aliphatic carbocycles. The monoisotopic (exact) mass is 257 g/mol. The lowest BCUT2D eigenvalue weighted by Gasteiger charge is -2.16. The number of hydrogen-bond acceptors (Lipinski definition) is 3. The predicted octanol–water partition coefficient (Wildman–Crippen LogP) is 3.78. The zero-order valence-corrected chi connectivity index (χ0v) is 10.6. The first-order valence-corrected chi connectivity index (χ1v) is 5.95. The maximum absolute atomic E-state index is 8.97. The number of nitriles is 1. The molecule has 0 aliphatic heterocycles. The number of nitrogens with one attached hydrogen (secondary N) is 1. The average molecular weight is 258 g/mol. The minimum atomic E-state index is 0.0820. The first-order valence-electron chi connectivity index (χ1n) is 5.58. The van der Waals surface area contributed by atoms with Gasteiger partial charge in [0.25, 0.3) is 0 Å². The molecule has 0 saturated carbocycles. The molecule has 0 amide bonds. The molecule has 1 atom stereocenters. The Morgan fingerprint density at radius 3 is 2.67 bits per heavy atom. The molecule has 2 aromatic rings. The summed E-state index contributed by atoms with van der Waals surface area (Å²) in [5, 5.41) is 13.0. The number of pyridine rings is 1. The van der Waals surface area contributed by atoms with Crippen molar-refractivity contribution < 1.29 is 0 Å². The third-order valence-electron chi connectivity index (χ3n) is 2.66. The van der Waals surface area contributed by atoms with Gasteiger partial charge in [-0.3, -0.25) is 0 Å². The molecule has 0 radical (unpaired) electrons. The topological polar surface area (TPSA) is 48.7 Å². The number of hydrogen-bond donors (Lipinski definition) is 1. The molecule has 1 N–H and O–H groups in total. The van der Waals surface area contributed by atoms with Crippen LogP contribution in [0.1, 0.15) is 24.2 Å². The Morgan fingerprint density at radius 2 is 2.00 bits per heavy atom. The molecule has 0 bridgehead atoms. The molecule has 18 heavy (non-hydrogen) atoms. The molecule has 0 spiro atoms. The molecule has 1 aromatic heterocycles. The van der Waals surface area contributed by atoms with Gasteiger partial charge in [-0.2, -0.15) is 5.26 Å². The molecule has 0 saturated heterocycles. The van der Waals surface area contributed by atoms with Gasteiger partial charge in [-0.25, -0.2) is 4.98 Å². The molecule has 0 aliphatic rings. The average Bonchev–Trinajstić information content (AvgIpc) is 2.40. The summed E-state index contributed by atoms with van der Waals surface area (Å²) >= 11 is 5.85. The van der Waals surface area contributed by atoms with Gasteiger partial charge in [0.05, 0.1) is 5.69 Å².